The average molecular weight is 212 g/mol. The number of nitrogens with two attached hydrogens (primary N) is 1. The summed E-state index contributed by atoms with van der Waals surface area (Å²) in [6.45, 7) is 6.17. The van der Waals surface area contributed by atoms with E-state index in [2.05, 4.69) is 12.2 Å². The highest BCUT2D eigenvalue weighted by atomic mass is 16.2. The molecule has 1 rings (SSSR count). The lowest BCUT2D eigenvalue weighted by atomic mass is 9.85. The third kappa shape index (κ3) is 3.49. The molecule has 0 saturated heterocycles. The van der Waals surface area contributed by atoms with Crippen LogP contribution in [0.5, 0.6) is 0 Å². The lowest BCUT2D eigenvalue weighted by Gasteiger charge is -2.30. The van der Waals surface area contributed by atoms with Gasteiger partial charge < -0.3 is 11.1 Å². The quantitative estimate of drug-likeness (QED) is 0.747. The first-order valence-electron chi connectivity index (χ1n) is 6.08. The Labute approximate surface area is 92.8 Å². The number of amides is 1. The third-order valence-corrected chi connectivity index (χ3v) is 3.46. The summed E-state index contributed by atoms with van der Waals surface area (Å²) in [5, 5.41) is 3.09. The molecular weight excluding hydrogens is 188 g/mol. The topological polar surface area (TPSA) is 55.1 Å². The van der Waals surface area contributed by atoms with Crippen molar-refractivity contribution in [2.45, 2.75) is 58.5 Å². The molecule has 1 saturated carbocycles. The second-order valence-electron chi connectivity index (χ2n) is 5.15. The summed E-state index contributed by atoms with van der Waals surface area (Å²) in [5.74, 6) is 0.828. The van der Waals surface area contributed by atoms with Crippen molar-refractivity contribution < 1.29 is 4.79 Å². The number of nitrogens with one attached hydrogen (secondary N) is 1. The molecule has 0 aliphatic heterocycles. The Morgan fingerprint density at radius 3 is 2.47 bits per heavy atom. The highest BCUT2D eigenvalue weighted by Gasteiger charge is 2.25. The van der Waals surface area contributed by atoms with Gasteiger partial charge in [0, 0.05) is 6.04 Å². The van der Waals surface area contributed by atoms with E-state index in [-0.39, 0.29) is 17.9 Å². The van der Waals surface area contributed by atoms with Crippen LogP contribution in [0, 0.1) is 11.8 Å². The molecule has 0 aromatic heterocycles. The van der Waals surface area contributed by atoms with Gasteiger partial charge in [0.2, 0.25) is 5.91 Å². The van der Waals surface area contributed by atoms with Gasteiger partial charge in [0.1, 0.15) is 0 Å². The number of carbonyl (C=O) groups is 1. The normalized spacial score (nSPS) is 28.9. The van der Waals surface area contributed by atoms with Gasteiger partial charge in [-0.05, 0) is 24.7 Å². The van der Waals surface area contributed by atoms with Gasteiger partial charge in [-0.1, -0.05) is 33.6 Å². The molecule has 15 heavy (non-hydrogen) atoms. The average Bonchev–Trinajstić information content (AvgIpc) is 2.20. The Hall–Kier alpha value is -0.570. The van der Waals surface area contributed by atoms with Crippen molar-refractivity contribution in [3.05, 3.63) is 0 Å². The van der Waals surface area contributed by atoms with Crippen LogP contribution in [-0.2, 0) is 4.79 Å². The molecule has 88 valence electrons. The molecule has 0 heterocycles. The number of hydrogen-bond donors (Lipinski definition) is 2. The van der Waals surface area contributed by atoms with E-state index in [0.29, 0.717) is 12.0 Å². The monoisotopic (exact) mass is 212 g/mol. The van der Waals surface area contributed by atoms with Crippen molar-refractivity contribution in [1.82, 2.24) is 5.32 Å². The predicted molar refractivity (Wildman–Crippen MR) is 62.4 cm³/mol. The maximum atomic E-state index is 11.8. The minimum atomic E-state index is -0.362. The molecule has 1 aliphatic rings. The summed E-state index contributed by atoms with van der Waals surface area (Å²) < 4.78 is 0. The molecule has 0 aromatic carbocycles. The van der Waals surface area contributed by atoms with E-state index in [1.165, 1.54) is 19.3 Å². The zero-order chi connectivity index (χ0) is 11.4. The zero-order valence-corrected chi connectivity index (χ0v) is 10.1. The molecule has 1 fully saturated rings. The second kappa shape index (κ2) is 5.50. The number of rotatable bonds is 3. The van der Waals surface area contributed by atoms with Gasteiger partial charge in [0.15, 0.2) is 0 Å². The Kier molecular flexibility index (Phi) is 4.58. The Bertz CT molecular complexity index is 216. The summed E-state index contributed by atoms with van der Waals surface area (Å²) in [6, 6.07) is -0.0184. The molecule has 3 atom stereocenters. The van der Waals surface area contributed by atoms with Crippen molar-refractivity contribution >= 4 is 5.91 Å². The maximum absolute atomic E-state index is 11.8. The molecular formula is C12H24N2O. The molecule has 3 heteroatoms. The van der Waals surface area contributed by atoms with Gasteiger partial charge in [-0.25, -0.2) is 0 Å². The summed E-state index contributed by atoms with van der Waals surface area (Å²) in [7, 11) is 0. The standard InChI is InChI=1S/C12H24N2O/c1-8(2)11(13)12(15)14-10-7-5-4-6-9(10)3/h8-11H,4-7,13H2,1-3H3,(H,14,15)/t9?,10?,11-/m0/s1. The lowest BCUT2D eigenvalue weighted by molar-refractivity contribution is -0.124. The van der Waals surface area contributed by atoms with Crippen LogP contribution in [-0.4, -0.2) is 18.0 Å². The van der Waals surface area contributed by atoms with Crippen LogP contribution < -0.4 is 11.1 Å². The smallest absolute Gasteiger partial charge is 0.237 e. The summed E-state index contributed by atoms with van der Waals surface area (Å²) in [4.78, 5) is 11.8. The van der Waals surface area contributed by atoms with E-state index >= 15 is 0 Å². The van der Waals surface area contributed by atoms with Gasteiger partial charge >= 0.3 is 0 Å². The minimum Gasteiger partial charge on any atom is -0.352 e. The Balaban J connectivity index is 2.42. The van der Waals surface area contributed by atoms with Gasteiger partial charge in [-0.3, -0.25) is 4.79 Å². The fourth-order valence-corrected chi connectivity index (χ4v) is 2.11. The largest absolute Gasteiger partial charge is 0.352 e. The van der Waals surface area contributed by atoms with Crippen LogP contribution >= 0.6 is 0 Å². The van der Waals surface area contributed by atoms with Crippen LogP contribution in [0.15, 0.2) is 0 Å². The van der Waals surface area contributed by atoms with Crippen LogP contribution in [0.3, 0.4) is 0 Å². The first-order chi connectivity index (χ1) is 7.02. The molecule has 3 N–H and O–H groups in total. The van der Waals surface area contributed by atoms with Gasteiger partial charge in [-0.15, -0.1) is 0 Å². The number of hydrogen-bond acceptors (Lipinski definition) is 2. The highest BCUT2D eigenvalue weighted by molar-refractivity contribution is 5.82. The molecule has 0 spiro atoms. The zero-order valence-electron chi connectivity index (χ0n) is 10.1. The Morgan fingerprint density at radius 1 is 1.33 bits per heavy atom. The number of carbonyl (C=O) groups excluding carboxylic acids is 1. The van der Waals surface area contributed by atoms with E-state index in [1.54, 1.807) is 0 Å². The van der Waals surface area contributed by atoms with Crippen LogP contribution in [0.2, 0.25) is 0 Å². The second-order valence-corrected chi connectivity index (χ2v) is 5.15. The summed E-state index contributed by atoms with van der Waals surface area (Å²) in [6.07, 6.45) is 4.86. The van der Waals surface area contributed by atoms with Crippen molar-refractivity contribution in [3.63, 3.8) is 0 Å². The summed E-state index contributed by atoms with van der Waals surface area (Å²) >= 11 is 0. The van der Waals surface area contributed by atoms with E-state index in [1.807, 2.05) is 13.8 Å². The maximum Gasteiger partial charge on any atom is 0.237 e. The van der Waals surface area contributed by atoms with Gasteiger partial charge in [-0.2, -0.15) is 0 Å². The SMILES string of the molecule is CC1CCCCC1NC(=O)[C@@H](N)C(C)C. The van der Waals surface area contributed by atoms with Crippen molar-refractivity contribution in [2.75, 3.05) is 0 Å². The third-order valence-electron chi connectivity index (χ3n) is 3.46. The van der Waals surface area contributed by atoms with Crippen LogP contribution in [0.1, 0.15) is 46.5 Å². The van der Waals surface area contributed by atoms with Crippen molar-refractivity contribution in [1.29, 1.82) is 0 Å². The van der Waals surface area contributed by atoms with E-state index in [9.17, 15) is 4.79 Å². The predicted octanol–water partition coefficient (Wildman–Crippen LogP) is 1.66. The first kappa shape index (κ1) is 12.5. The minimum absolute atomic E-state index is 0.0174. The molecule has 1 aliphatic carbocycles. The molecule has 0 radical (unpaired) electrons. The van der Waals surface area contributed by atoms with E-state index < -0.39 is 0 Å². The molecule has 3 nitrogen and oxygen atoms in total. The fourth-order valence-electron chi connectivity index (χ4n) is 2.11. The molecule has 2 unspecified atom stereocenters. The Morgan fingerprint density at radius 2 is 1.93 bits per heavy atom. The molecule has 0 aromatic rings. The van der Waals surface area contributed by atoms with Crippen LogP contribution in [0.25, 0.3) is 0 Å². The van der Waals surface area contributed by atoms with Crippen molar-refractivity contribution in [3.8, 4) is 0 Å². The lowest BCUT2D eigenvalue weighted by Crippen LogP contribution is -2.50. The van der Waals surface area contributed by atoms with E-state index in [4.69, 9.17) is 5.73 Å². The molecule has 0 bridgehead atoms. The fraction of sp³-hybridized carbons (Fsp3) is 0.917. The van der Waals surface area contributed by atoms with Crippen molar-refractivity contribution in [2.24, 2.45) is 17.6 Å². The summed E-state index contributed by atoms with van der Waals surface area (Å²) in [5.41, 5.74) is 5.81. The highest BCUT2D eigenvalue weighted by Crippen LogP contribution is 2.23. The van der Waals surface area contributed by atoms with Crippen LogP contribution in [0.4, 0.5) is 0 Å². The van der Waals surface area contributed by atoms with Gasteiger partial charge in [0.25, 0.3) is 0 Å². The first-order valence-corrected chi connectivity index (χ1v) is 6.08. The molecule has 1 amide bonds. The van der Waals surface area contributed by atoms with E-state index in [0.717, 1.165) is 6.42 Å². The van der Waals surface area contributed by atoms with Gasteiger partial charge in [0.05, 0.1) is 6.04 Å².